The van der Waals surface area contributed by atoms with Crippen molar-refractivity contribution in [2.45, 2.75) is 33.2 Å². The summed E-state index contributed by atoms with van der Waals surface area (Å²) in [6.07, 6.45) is 1.10. The van der Waals surface area contributed by atoms with Crippen LogP contribution in [0.15, 0.2) is 0 Å². The van der Waals surface area contributed by atoms with Crippen LogP contribution in [0, 0.1) is 5.92 Å². The zero-order valence-corrected chi connectivity index (χ0v) is 13.3. The molecule has 4 nitrogen and oxygen atoms in total. The Labute approximate surface area is 119 Å². The second-order valence-corrected chi connectivity index (χ2v) is 6.13. The van der Waals surface area contributed by atoms with Crippen LogP contribution in [0.3, 0.4) is 0 Å². The van der Waals surface area contributed by atoms with Gasteiger partial charge in [0.2, 0.25) is 0 Å². The van der Waals surface area contributed by atoms with Crippen LogP contribution >= 0.6 is 0 Å². The summed E-state index contributed by atoms with van der Waals surface area (Å²) in [5.74, 6) is 0.784. The van der Waals surface area contributed by atoms with Crippen molar-refractivity contribution in [2.24, 2.45) is 5.92 Å². The number of methoxy groups -OCH3 is 1. The van der Waals surface area contributed by atoms with Gasteiger partial charge in [0, 0.05) is 59.0 Å². The molecule has 0 aromatic heterocycles. The van der Waals surface area contributed by atoms with Crippen LogP contribution in [0.1, 0.15) is 27.2 Å². The summed E-state index contributed by atoms with van der Waals surface area (Å²) in [6.45, 7) is 16.1. The van der Waals surface area contributed by atoms with Crippen LogP contribution in [-0.2, 0) is 4.74 Å². The molecule has 19 heavy (non-hydrogen) atoms. The second-order valence-electron chi connectivity index (χ2n) is 6.13. The molecule has 0 amide bonds. The van der Waals surface area contributed by atoms with Crippen molar-refractivity contribution in [1.82, 2.24) is 15.1 Å². The normalized spacial score (nSPS) is 20.1. The molecule has 1 unspecified atom stereocenters. The van der Waals surface area contributed by atoms with Gasteiger partial charge in [0.1, 0.15) is 0 Å². The first-order valence-electron chi connectivity index (χ1n) is 7.79. The van der Waals surface area contributed by atoms with E-state index in [9.17, 15) is 0 Å². The van der Waals surface area contributed by atoms with Gasteiger partial charge in [-0.2, -0.15) is 0 Å². The van der Waals surface area contributed by atoms with Crippen molar-refractivity contribution in [3.63, 3.8) is 0 Å². The van der Waals surface area contributed by atoms with Crippen LogP contribution in [0.4, 0.5) is 0 Å². The first kappa shape index (κ1) is 16.9. The van der Waals surface area contributed by atoms with E-state index < -0.39 is 0 Å². The largest absolute Gasteiger partial charge is 0.385 e. The van der Waals surface area contributed by atoms with Crippen LogP contribution in [0.5, 0.6) is 0 Å². The van der Waals surface area contributed by atoms with Crippen molar-refractivity contribution >= 4 is 0 Å². The molecule has 0 bridgehead atoms. The predicted molar refractivity (Wildman–Crippen MR) is 81.7 cm³/mol. The fourth-order valence-electron chi connectivity index (χ4n) is 2.68. The lowest BCUT2D eigenvalue weighted by Gasteiger charge is -2.38. The van der Waals surface area contributed by atoms with Gasteiger partial charge in [0.25, 0.3) is 0 Å². The molecule has 0 radical (unpaired) electrons. The molecule has 0 aromatic rings. The minimum absolute atomic E-state index is 0.642. The molecule has 0 spiro atoms. The molecule has 1 atom stereocenters. The van der Waals surface area contributed by atoms with Gasteiger partial charge in [0.15, 0.2) is 0 Å². The van der Waals surface area contributed by atoms with Crippen molar-refractivity contribution in [3.05, 3.63) is 0 Å². The van der Waals surface area contributed by atoms with Crippen LogP contribution in [0.2, 0.25) is 0 Å². The van der Waals surface area contributed by atoms with Gasteiger partial charge in [-0.05, 0) is 25.8 Å². The van der Waals surface area contributed by atoms with Gasteiger partial charge in [-0.25, -0.2) is 0 Å². The Kier molecular flexibility index (Phi) is 8.62. The average molecular weight is 271 g/mol. The number of hydrogen-bond acceptors (Lipinski definition) is 4. The molecule has 1 rings (SSSR count). The molecule has 0 aliphatic carbocycles. The summed E-state index contributed by atoms with van der Waals surface area (Å²) in [5, 5.41) is 3.53. The Hall–Kier alpha value is -0.160. The number of ether oxygens (including phenoxy) is 1. The highest BCUT2D eigenvalue weighted by Crippen LogP contribution is 2.08. The molecular formula is C15H33N3O. The lowest BCUT2D eigenvalue weighted by Crippen LogP contribution is -2.52. The van der Waals surface area contributed by atoms with Crippen LogP contribution in [-0.4, -0.2) is 75.4 Å². The van der Waals surface area contributed by atoms with Crippen molar-refractivity contribution < 1.29 is 4.74 Å². The van der Waals surface area contributed by atoms with E-state index in [0.29, 0.717) is 6.04 Å². The molecule has 1 heterocycles. The fraction of sp³-hybridized carbons (Fsp3) is 1.00. The van der Waals surface area contributed by atoms with E-state index >= 15 is 0 Å². The lowest BCUT2D eigenvalue weighted by molar-refractivity contribution is 0.0940. The van der Waals surface area contributed by atoms with Crippen molar-refractivity contribution in [1.29, 1.82) is 0 Å². The first-order valence-corrected chi connectivity index (χ1v) is 7.79. The van der Waals surface area contributed by atoms with Gasteiger partial charge in [-0.15, -0.1) is 0 Å². The van der Waals surface area contributed by atoms with Crippen molar-refractivity contribution in [3.8, 4) is 0 Å². The standard InChI is InChI=1S/C15H33N3O/c1-14(2)13-17-7-9-18(10-8-17)15(3)12-16-6-5-11-19-4/h14-16H,5-13H2,1-4H3. The maximum Gasteiger partial charge on any atom is 0.0474 e. The predicted octanol–water partition coefficient (Wildman–Crippen LogP) is 1.27. The van der Waals surface area contributed by atoms with Crippen LogP contribution < -0.4 is 5.32 Å². The number of hydrogen-bond donors (Lipinski definition) is 1. The average Bonchev–Trinajstić information content (AvgIpc) is 2.38. The van der Waals surface area contributed by atoms with Gasteiger partial charge >= 0.3 is 0 Å². The maximum absolute atomic E-state index is 5.05. The number of piperazine rings is 1. The summed E-state index contributed by atoms with van der Waals surface area (Å²) >= 11 is 0. The SMILES string of the molecule is COCCCNCC(C)N1CCN(CC(C)C)CC1. The molecule has 4 heteroatoms. The summed E-state index contributed by atoms with van der Waals surface area (Å²) in [4.78, 5) is 5.21. The zero-order valence-electron chi connectivity index (χ0n) is 13.3. The Morgan fingerprint density at radius 3 is 2.37 bits per heavy atom. The lowest BCUT2D eigenvalue weighted by atomic mass is 10.1. The van der Waals surface area contributed by atoms with E-state index in [2.05, 4.69) is 35.9 Å². The molecule has 1 fully saturated rings. The molecule has 1 N–H and O–H groups in total. The maximum atomic E-state index is 5.05. The first-order chi connectivity index (χ1) is 9.13. The Morgan fingerprint density at radius 2 is 1.79 bits per heavy atom. The van der Waals surface area contributed by atoms with E-state index in [0.717, 1.165) is 32.0 Å². The number of rotatable bonds is 9. The Morgan fingerprint density at radius 1 is 1.11 bits per heavy atom. The molecule has 114 valence electrons. The summed E-state index contributed by atoms with van der Waals surface area (Å²) in [5.41, 5.74) is 0. The topological polar surface area (TPSA) is 27.7 Å². The van der Waals surface area contributed by atoms with Gasteiger partial charge in [-0.1, -0.05) is 13.8 Å². The van der Waals surface area contributed by atoms with E-state index in [1.165, 1.54) is 32.7 Å². The fourth-order valence-corrected chi connectivity index (χ4v) is 2.68. The molecule has 0 aromatic carbocycles. The molecule has 0 saturated carbocycles. The summed E-state index contributed by atoms with van der Waals surface area (Å²) < 4.78 is 5.05. The van der Waals surface area contributed by atoms with E-state index in [4.69, 9.17) is 4.74 Å². The van der Waals surface area contributed by atoms with Crippen LogP contribution in [0.25, 0.3) is 0 Å². The van der Waals surface area contributed by atoms with E-state index in [1.54, 1.807) is 7.11 Å². The van der Waals surface area contributed by atoms with E-state index in [-0.39, 0.29) is 0 Å². The Bertz CT molecular complexity index is 215. The third-order valence-corrected chi connectivity index (χ3v) is 3.80. The minimum Gasteiger partial charge on any atom is -0.385 e. The number of nitrogens with one attached hydrogen (secondary N) is 1. The Balaban J connectivity index is 2.09. The highest BCUT2D eigenvalue weighted by Gasteiger charge is 2.20. The van der Waals surface area contributed by atoms with Gasteiger partial charge < -0.3 is 15.0 Å². The molecular weight excluding hydrogens is 238 g/mol. The third kappa shape index (κ3) is 7.25. The van der Waals surface area contributed by atoms with E-state index in [1.807, 2.05) is 0 Å². The minimum atomic E-state index is 0.642. The molecule has 1 aliphatic heterocycles. The summed E-state index contributed by atoms with van der Waals surface area (Å²) in [6, 6.07) is 0.642. The van der Waals surface area contributed by atoms with Gasteiger partial charge in [0.05, 0.1) is 0 Å². The molecule has 1 aliphatic rings. The monoisotopic (exact) mass is 271 g/mol. The smallest absolute Gasteiger partial charge is 0.0474 e. The number of nitrogens with zero attached hydrogens (tertiary/aromatic N) is 2. The molecule has 1 saturated heterocycles. The third-order valence-electron chi connectivity index (χ3n) is 3.80. The second kappa shape index (κ2) is 9.70. The highest BCUT2D eigenvalue weighted by molar-refractivity contribution is 4.77. The summed E-state index contributed by atoms with van der Waals surface area (Å²) in [7, 11) is 1.76. The zero-order chi connectivity index (χ0) is 14.1. The van der Waals surface area contributed by atoms with Gasteiger partial charge in [-0.3, -0.25) is 4.90 Å². The highest BCUT2D eigenvalue weighted by atomic mass is 16.5. The van der Waals surface area contributed by atoms with Crippen molar-refractivity contribution in [2.75, 3.05) is 59.5 Å². The quantitative estimate of drug-likeness (QED) is 0.639.